The summed E-state index contributed by atoms with van der Waals surface area (Å²) >= 11 is 0. The number of amides is 3. The SMILES string of the molecule is CCCS(=O)(=O)C(C)(C)C(=O)Nc1ccc(C(C)(C)C)cc1.CCCS(=O)(=O)C(C)(C)C(=O)Nc1ccc2ccccc2n1.CCCS(=O)(=O)C(C)(C)C(=O)Nc1cnc2ccccc2c1. The molecular formula is C49H67N5O9S3. The van der Waals surface area contributed by atoms with Crippen molar-refractivity contribution in [2.75, 3.05) is 33.2 Å². The van der Waals surface area contributed by atoms with E-state index in [9.17, 15) is 39.6 Å². The van der Waals surface area contributed by atoms with Crippen LogP contribution in [0.2, 0.25) is 0 Å². The Kier molecular flexibility index (Phi) is 18.4. The second kappa shape index (κ2) is 22.0. The van der Waals surface area contributed by atoms with Gasteiger partial charge in [0.05, 0.1) is 40.2 Å². The first-order valence-electron chi connectivity index (χ1n) is 21.9. The lowest BCUT2D eigenvalue weighted by Crippen LogP contribution is -2.45. The van der Waals surface area contributed by atoms with Gasteiger partial charge in [0, 0.05) is 16.5 Å². The van der Waals surface area contributed by atoms with Crippen LogP contribution in [0.5, 0.6) is 0 Å². The average molecular weight is 966 g/mol. The zero-order valence-corrected chi connectivity index (χ0v) is 42.7. The Morgan fingerprint density at radius 3 is 1.35 bits per heavy atom. The Hall–Kier alpha value is -5.26. The van der Waals surface area contributed by atoms with Crippen LogP contribution in [-0.4, -0.2) is 84.4 Å². The minimum Gasteiger partial charge on any atom is -0.325 e. The lowest BCUT2D eigenvalue weighted by atomic mass is 9.87. The maximum absolute atomic E-state index is 12.4. The van der Waals surface area contributed by atoms with Crippen LogP contribution in [0.4, 0.5) is 17.2 Å². The number of carbonyl (C=O) groups excluding carboxylic acids is 3. The van der Waals surface area contributed by atoms with Crippen LogP contribution >= 0.6 is 0 Å². The summed E-state index contributed by atoms with van der Waals surface area (Å²) in [5.41, 5.74) is 3.85. The quantitative estimate of drug-likeness (QED) is 0.0899. The molecule has 0 bridgehead atoms. The fraction of sp³-hybridized carbons (Fsp3) is 0.449. The number of nitrogens with zero attached hydrogens (tertiary/aromatic N) is 2. The molecular weight excluding hydrogens is 899 g/mol. The van der Waals surface area contributed by atoms with Crippen molar-refractivity contribution in [2.45, 2.75) is 122 Å². The van der Waals surface area contributed by atoms with Gasteiger partial charge in [-0.3, -0.25) is 19.4 Å². The highest BCUT2D eigenvalue weighted by atomic mass is 32.2. The Balaban J connectivity index is 0.000000263. The van der Waals surface area contributed by atoms with E-state index in [-0.39, 0.29) is 22.7 Å². The lowest BCUT2D eigenvalue weighted by Gasteiger charge is -2.24. The monoisotopic (exact) mass is 965 g/mol. The predicted octanol–water partition coefficient (Wildman–Crippen LogP) is 9.08. The van der Waals surface area contributed by atoms with E-state index >= 15 is 0 Å². The molecule has 2 heterocycles. The molecule has 17 heteroatoms. The highest BCUT2D eigenvalue weighted by Gasteiger charge is 2.43. The van der Waals surface area contributed by atoms with E-state index in [1.54, 1.807) is 45.0 Å². The lowest BCUT2D eigenvalue weighted by molar-refractivity contribution is -0.118. The molecule has 0 fully saturated rings. The molecule has 66 heavy (non-hydrogen) atoms. The summed E-state index contributed by atoms with van der Waals surface area (Å²) in [6, 6.07) is 27.8. The summed E-state index contributed by atoms with van der Waals surface area (Å²) in [5, 5.41) is 9.82. The molecule has 3 N–H and O–H groups in total. The molecule has 5 rings (SSSR count). The number of anilines is 3. The van der Waals surface area contributed by atoms with Crippen LogP contribution in [0.3, 0.4) is 0 Å². The summed E-state index contributed by atoms with van der Waals surface area (Å²) in [6.45, 7) is 20.3. The van der Waals surface area contributed by atoms with Gasteiger partial charge in [-0.25, -0.2) is 30.2 Å². The van der Waals surface area contributed by atoms with Crippen molar-refractivity contribution in [3.63, 3.8) is 0 Å². The number of hydrogen-bond acceptors (Lipinski definition) is 11. The summed E-state index contributed by atoms with van der Waals surface area (Å²) < 4.78 is 68.9. The maximum atomic E-state index is 12.4. The number of para-hydroxylation sites is 2. The molecule has 3 aromatic carbocycles. The minimum atomic E-state index is -3.51. The molecule has 14 nitrogen and oxygen atoms in total. The van der Waals surface area contributed by atoms with Gasteiger partial charge in [-0.1, -0.05) is 90.1 Å². The molecule has 0 aliphatic carbocycles. The van der Waals surface area contributed by atoms with Crippen LogP contribution < -0.4 is 16.0 Å². The van der Waals surface area contributed by atoms with Crippen LogP contribution in [0.25, 0.3) is 21.8 Å². The number of hydrogen-bond donors (Lipinski definition) is 3. The third-order valence-electron chi connectivity index (χ3n) is 11.1. The van der Waals surface area contributed by atoms with E-state index in [2.05, 4.69) is 46.7 Å². The van der Waals surface area contributed by atoms with Crippen molar-refractivity contribution in [1.82, 2.24) is 9.97 Å². The highest BCUT2D eigenvalue weighted by molar-refractivity contribution is 7.94. The number of aromatic nitrogens is 2. The van der Waals surface area contributed by atoms with Gasteiger partial charge in [0.15, 0.2) is 29.5 Å². The molecule has 0 saturated carbocycles. The maximum Gasteiger partial charge on any atom is 0.246 e. The largest absolute Gasteiger partial charge is 0.325 e. The number of carbonyl (C=O) groups is 3. The van der Waals surface area contributed by atoms with Gasteiger partial charge in [0.1, 0.15) is 20.1 Å². The fourth-order valence-electron chi connectivity index (χ4n) is 6.15. The standard InChI is InChI=1S/C17H27NO3S.2C16H20N2O3S/c1-7-12-22(20,21)17(5,6)15(19)18-14-10-8-13(9-11-14)16(2,3)4;1-4-11-22(20,21)16(2,3)15(19)18-14-10-9-12-7-5-6-8-13(12)17-14;1-4-9-22(20,21)16(2,3)15(19)18-13-10-12-7-5-6-8-14(12)17-11-13/h8-11H,7,12H2,1-6H3,(H,18,19);5-10H,4,11H2,1-3H3,(H,17,18,19);5-8,10-11H,4,9H2,1-3H3,(H,18,19). The van der Waals surface area contributed by atoms with Crippen molar-refractivity contribution in [2.24, 2.45) is 0 Å². The number of pyridine rings is 2. The van der Waals surface area contributed by atoms with Gasteiger partial charge in [0.2, 0.25) is 17.7 Å². The average Bonchev–Trinajstić information content (AvgIpc) is 3.23. The number of fused-ring (bicyclic) bond motifs is 2. The second-order valence-corrected chi connectivity index (χ2v) is 26.5. The van der Waals surface area contributed by atoms with Crippen LogP contribution in [0, 0.1) is 0 Å². The predicted molar refractivity (Wildman–Crippen MR) is 269 cm³/mol. The number of nitrogens with one attached hydrogen (secondary N) is 3. The zero-order chi connectivity index (χ0) is 49.9. The van der Waals surface area contributed by atoms with Crippen LogP contribution in [0.1, 0.15) is 108 Å². The Morgan fingerprint density at radius 1 is 0.485 bits per heavy atom. The van der Waals surface area contributed by atoms with Crippen molar-refractivity contribution >= 4 is 86.2 Å². The first kappa shape index (κ1) is 55.1. The van der Waals surface area contributed by atoms with E-state index in [0.29, 0.717) is 36.5 Å². The van der Waals surface area contributed by atoms with E-state index in [4.69, 9.17) is 0 Å². The van der Waals surface area contributed by atoms with Crippen LogP contribution in [-0.2, 0) is 49.3 Å². The Labute approximate surface area is 391 Å². The zero-order valence-electron chi connectivity index (χ0n) is 40.3. The minimum absolute atomic E-state index is 0.0103. The third kappa shape index (κ3) is 13.7. The van der Waals surface area contributed by atoms with Crippen LogP contribution in [0.15, 0.2) is 97.2 Å². The first-order chi connectivity index (χ1) is 30.5. The van der Waals surface area contributed by atoms with Gasteiger partial charge >= 0.3 is 0 Å². The van der Waals surface area contributed by atoms with Gasteiger partial charge in [-0.05, 0) is 114 Å². The summed E-state index contributed by atoms with van der Waals surface area (Å²) in [7, 11) is -10.5. The topological polar surface area (TPSA) is 216 Å². The molecule has 0 aliphatic rings. The molecule has 0 atom stereocenters. The summed E-state index contributed by atoms with van der Waals surface area (Å²) in [6.07, 6.45) is 2.99. The number of benzene rings is 3. The number of sulfone groups is 3. The molecule has 3 amide bonds. The summed E-state index contributed by atoms with van der Waals surface area (Å²) in [5.74, 6) is -1.27. The van der Waals surface area contributed by atoms with E-state index < -0.39 is 61.5 Å². The normalized spacial score (nSPS) is 12.5. The molecule has 0 unspecified atom stereocenters. The highest BCUT2D eigenvalue weighted by Crippen LogP contribution is 2.27. The van der Waals surface area contributed by atoms with Crippen molar-refractivity contribution in [3.05, 3.63) is 103 Å². The van der Waals surface area contributed by atoms with Crippen molar-refractivity contribution < 1.29 is 39.6 Å². The van der Waals surface area contributed by atoms with Gasteiger partial charge in [-0.2, -0.15) is 0 Å². The molecule has 0 spiro atoms. The van der Waals surface area contributed by atoms with E-state index in [1.807, 2.05) is 66.7 Å². The molecule has 360 valence electrons. The van der Waals surface area contributed by atoms with Gasteiger partial charge < -0.3 is 16.0 Å². The molecule has 5 aromatic rings. The Morgan fingerprint density at radius 2 is 0.894 bits per heavy atom. The van der Waals surface area contributed by atoms with E-state index in [1.165, 1.54) is 47.7 Å². The summed E-state index contributed by atoms with van der Waals surface area (Å²) in [4.78, 5) is 45.7. The first-order valence-corrected chi connectivity index (χ1v) is 26.9. The van der Waals surface area contributed by atoms with Gasteiger partial charge in [0.25, 0.3) is 0 Å². The molecule has 0 radical (unpaired) electrons. The smallest absolute Gasteiger partial charge is 0.246 e. The molecule has 0 saturated heterocycles. The van der Waals surface area contributed by atoms with Crippen molar-refractivity contribution in [1.29, 1.82) is 0 Å². The van der Waals surface area contributed by atoms with Gasteiger partial charge in [-0.15, -0.1) is 0 Å². The fourth-order valence-corrected chi connectivity index (χ4v) is 10.3. The molecule has 2 aromatic heterocycles. The molecule has 0 aliphatic heterocycles. The number of rotatable bonds is 15. The van der Waals surface area contributed by atoms with Crippen molar-refractivity contribution in [3.8, 4) is 0 Å². The third-order valence-corrected chi connectivity index (χ3v) is 19.1. The second-order valence-electron chi connectivity index (χ2n) is 18.5. The Bertz CT molecular complexity index is 2700. The van der Waals surface area contributed by atoms with E-state index in [0.717, 1.165) is 27.4 Å².